The zero-order valence-electron chi connectivity index (χ0n) is 14.5. The van der Waals surface area contributed by atoms with E-state index in [-0.39, 0.29) is 18.3 Å². The highest BCUT2D eigenvalue weighted by atomic mass is 19.4. The Hall–Kier alpha value is -1.80. The highest BCUT2D eigenvalue weighted by Crippen LogP contribution is 2.30. The van der Waals surface area contributed by atoms with Crippen molar-refractivity contribution < 1.29 is 27.4 Å². The third-order valence-corrected chi connectivity index (χ3v) is 4.75. The molecule has 0 radical (unpaired) electrons. The van der Waals surface area contributed by atoms with Crippen LogP contribution in [0.4, 0.5) is 13.2 Å². The Kier molecular flexibility index (Phi) is 6.03. The summed E-state index contributed by atoms with van der Waals surface area (Å²) in [5.41, 5.74) is -0.737. The number of hydrogen-bond acceptors (Lipinski definition) is 4. The summed E-state index contributed by atoms with van der Waals surface area (Å²) in [5.74, 6) is 0.102. The van der Waals surface area contributed by atoms with Gasteiger partial charge in [0.1, 0.15) is 5.75 Å². The number of nitrogens with zero attached hydrogens (tertiary/aromatic N) is 2. The minimum atomic E-state index is -4.38. The molecule has 2 fully saturated rings. The first kappa shape index (κ1) is 19.0. The second kappa shape index (κ2) is 8.26. The predicted octanol–water partition coefficient (Wildman–Crippen LogP) is 2.41. The normalized spacial score (nSPS) is 21.8. The number of amides is 1. The van der Waals surface area contributed by atoms with Crippen LogP contribution in [0.3, 0.4) is 0 Å². The molecule has 8 heteroatoms. The second-order valence-electron chi connectivity index (χ2n) is 6.63. The summed E-state index contributed by atoms with van der Waals surface area (Å²) < 4.78 is 48.5. The number of benzene rings is 1. The molecule has 1 aromatic carbocycles. The van der Waals surface area contributed by atoms with Crippen molar-refractivity contribution in [2.45, 2.75) is 25.1 Å². The number of piperazine rings is 1. The Morgan fingerprint density at radius 1 is 1.15 bits per heavy atom. The summed E-state index contributed by atoms with van der Waals surface area (Å²) in [6, 6.07) is 4.36. The van der Waals surface area contributed by atoms with Gasteiger partial charge < -0.3 is 14.4 Å². The summed E-state index contributed by atoms with van der Waals surface area (Å²) in [4.78, 5) is 16.3. The van der Waals surface area contributed by atoms with Gasteiger partial charge >= 0.3 is 6.18 Å². The molecule has 0 aliphatic carbocycles. The molecule has 1 atom stereocenters. The molecule has 2 aliphatic rings. The van der Waals surface area contributed by atoms with E-state index in [1.165, 1.54) is 12.1 Å². The minimum Gasteiger partial charge on any atom is -0.484 e. The third-order valence-electron chi connectivity index (χ3n) is 4.75. The van der Waals surface area contributed by atoms with Crippen LogP contribution in [-0.4, -0.2) is 67.7 Å². The van der Waals surface area contributed by atoms with Crippen molar-refractivity contribution in [3.8, 4) is 5.75 Å². The van der Waals surface area contributed by atoms with Gasteiger partial charge in [-0.3, -0.25) is 9.69 Å². The van der Waals surface area contributed by atoms with Crippen molar-refractivity contribution in [3.63, 3.8) is 0 Å². The van der Waals surface area contributed by atoms with Crippen LogP contribution in [0.2, 0.25) is 0 Å². The summed E-state index contributed by atoms with van der Waals surface area (Å²) >= 11 is 0. The van der Waals surface area contributed by atoms with E-state index < -0.39 is 11.7 Å². The number of alkyl halides is 3. The second-order valence-corrected chi connectivity index (χ2v) is 6.63. The SMILES string of the molecule is O=C(COc1ccc(C(F)(F)F)cc1)N1CCN(CC2CCCO2)CC1. The number of carbonyl (C=O) groups is 1. The van der Waals surface area contributed by atoms with Crippen molar-refractivity contribution in [1.82, 2.24) is 9.80 Å². The van der Waals surface area contributed by atoms with Crippen molar-refractivity contribution in [2.75, 3.05) is 45.9 Å². The summed E-state index contributed by atoms with van der Waals surface area (Å²) in [6.45, 7) is 4.42. The number of hydrogen-bond donors (Lipinski definition) is 0. The lowest BCUT2D eigenvalue weighted by atomic mass is 10.2. The predicted molar refractivity (Wildman–Crippen MR) is 88.9 cm³/mol. The standard InChI is InChI=1S/C18H23F3N2O3/c19-18(20,21)14-3-5-15(6-4-14)26-13-17(24)23-9-7-22(8-10-23)12-16-2-1-11-25-16/h3-6,16H,1-2,7-13H2. The highest BCUT2D eigenvalue weighted by Gasteiger charge is 2.30. The van der Waals surface area contributed by atoms with E-state index in [1.54, 1.807) is 4.90 Å². The summed E-state index contributed by atoms with van der Waals surface area (Å²) in [6.07, 6.45) is -1.86. The van der Waals surface area contributed by atoms with Crippen molar-refractivity contribution >= 4 is 5.91 Å². The maximum atomic E-state index is 12.5. The monoisotopic (exact) mass is 372 g/mol. The molecule has 1 aromatic rings. The Balaban J connectivity index is 1.40. The number of ether oxygens (including phenoxy) is 2. The molecule has 1 unspecified atom stereocenters. The number of carbonyl (C=O) groups excluding carboxylic acids is 1. The van der Waals surface area contributed by atoms with Crippen molar-refractivity contribution in [3.05, 3.63) is 29.8 Å². The first-order valence-corrected chi connectivity index (χ1v) is 8.83. The molecule has 0 aromatic heterocycles. The molecule has 2 heterocycles. The van der Waals surface area contributed by atoms with Crippen LogP contribution in [-0.2, 0) is 15.7 Å². The highest BCUT2D eigenvalue weighted by molar-refractivity contribution is 5.77. The van der Waals surface area contributed by atoms with Gasteiger partial charge in [-0.25, -0.2) is 0 Å². The molecule has 0 saturated carbocycles. The average molecular weight is 372 g/mol. The van der Waals surface area contributed by atoms with Gasteiger partial charge in [0.25, 0.3) is 5.91 Å². The van der Waals surface area contributed by atoms with Gasteiger partial charge in [-0.2, -0.15) is 13.2 Å². The van der Waals surface area contributed by atoms with E-state index in [2.05, 4.69) is 4.90 Å². The van der Waals surface area contributed by atoms with Crippen LogP contribution in [0.15, 0.2) is 24.3 Å². The Morgan fingerprint density at radius 2 is 1.85 bits per heavy atom. The van der Waals surface area contributed by atoms with Gasteiger partial charge in [-0.15, -0.1) is 0 Å². The molecule has 144 valence electrons. The van der Waals surface area contributed by atoms with Crippen LogP contribution in [0, 0.1) is 0 Å². The van der Waals surface area contributed by atoms with E-state index in [1.807, 2.05) is 0 Å². The minimum absolute atomic E-state index is 0.151. The van der Waals surface area contributed by atoms with Crippen LogP contribution < -0.4 is 4.74 Å². The molecular formula is C18H23F3N2O3. The Labute approximate surface area is 150 Å². The van der Waals surface area contributed by atoms with Crippen LogP contribution in [0.5, 0.6) is 5.75 Å². The first-order valence-electron chi connectivity index (χ1n) is 8.83. The molecule has 0 bridgehead atoms. The molecule has 3 rings (SSSR count). The molecule has 1 amide bonds. The van der Waals surface area contributed by atoms with Gasteiger partial charge in [-0.05, 0) is 37.1 Å². The zero-order chi connectivity index (χ0) is 18.6. The molecule has 26 heavy (non-hydrogen) atoms. The van der Waals surface area contributed by atoms with Crippen LogP contribution in [0.25, 0.3) is 0 Å². The fourth-order valence-electron chi connectivity index (χ4n) is 3.23. The fourth-order valence-corrected chi connectivity index (χ4v) is 3.23. The van der Waals surface area contributed by atoms with Crippen LogP contribution >= 0.6 is 0 Å². The molecule has 0 N–H and O–H groups in total. The van der Waals surface area contributed by atoms with E-state index >= 15 is 0 Å². The smallest absolute Gasteiger partial charge is 0.416 e. The van der Waals surface area contributed by atoms with Crippen molar-refractivity contribution in [1.29, 1.82) is 0 Å². The Morgan fingerprint density at radius 3 is 2.42 bits per heavy atom. The lowest BCUT2D eigenvalue weighted by Gasteiger charge is -2.35. The Bertz CT molecular complexity index is 593. The van der Waals surface area contributed by atoms with Crippen LogP contribution in [0.1, 0.15) is 18.4 Å². The van der Waals surface area contributed by atoms with E-state index in [9.17, 15) is 18.0 Å². The average Bonchev–Trinajstić information content (AvgIpc) is 3.13. The van der Waals surface area contributed by atoms with E-state index in [4.69, 9.17) is 9.47 Å². The molecule has 5 nitrogen and oxygen atoms in total. The molecular weight excluding hydrogens is 349 g/mol. The van der Waals surface area contributed by atoms with Gasteiger partial charge in [0.05, 0.1) is 11.7 Å². The van der Waals surface area contributed by atoms with E-state index in [0.29, 0.717) is 19.2 Å². The van der Waals surface area contributed by atoms with E-state index in [0.717, 1.165) is 51.2 Å². The number of halogens is 3. The number of rotatable bonds is 5. The van der Waals surface area contributed by atoms with Gasteiger partial charge in [0.2, 0.25) is 0 Å². The first-order chi connectivity index (χ1) is 12.4. The summed E-state index contributed by atoms with van der Waals surface area (Å²) in [7, 11) is 0. The lowest BCUT2D eigenvalue weighted by Crippen LogP contribution is -2.51. The molecule has 2 saturated heterocycles. The zero-order valence-corrected chi connectivity index (χ0v) is 14.5. The quantitative estimate of drug-likeness (QED) is 0.796. The third kappa shape index (κ3) is 5.11. The topological polar surface area (TPSA) is 42.0 Å². The lowest BCUT2D eigenvalue weighted by molar-refractivity contribution is -0.138. The van der Waals surface area contributed by atoms with Crippen molar-refractivity contribution in [2.24, 2.45) is 0 Å². The molecule has 0 spiro atoms. The van der Waals surface area contributed by atoms with Gasteiger partial charge in [-0.1, -0.05) is 0 Å². The summed E-state index contributed by atoms with van der Waals surface area (Å²) in [5, 5.41) is 0. The fraction of sp³-hybridized carbons (Fsp3) is 0.611. The van der Waals surface area contributed by atoms with Gasteiger partial charge in [0.15, 0.2) is 6.61 Å². The maximum absolute atomic E-state index is 12.5. The maximum Gasteiger partial charge on any atom is 0.416 e. The molecule has 2 aliphatic heterocycles. The van der Waals surface area contributed by atoms with Gasteiger partial charge in [0, 0.05) is 39.3 Å². The largest absolute Gasteiger partial charge is 0.484 e.